The third-order valence-electron chi connectivity index (χ3n) is 7.03. The lowest BCUT2D eigenvalue weighted by Gasteiger charge is -2.17. The lowest BCUT2D eigenvalue weighted by molar-refractivity contribution is -0.137. The van der Waals surface area contributed by atoms with E-state index in [1.807, 2.05) is 24.3 Å². The molecule has 1 atom stereocenters. The van der Waals surface area contributed by atoms with Gasteiger partial charge in [0.05, 0.1) is 21.5 Å². The molecule has 0 aliphatic heterocycles. The molecular weight excluding hydrogens is 647 g/mol. The zero-order chi connectivity index (χ0) is 34.1. The fraction of sp³-hybridized carbons (Fsp3) is 0.194. The zero-order valence-electron chi connectivity index (χ0n) is 25.8. The van der Waals surface area contributed by atoms with Crippen LogP contribution >= 0.6 is 23.4 Å². The highest BCUT2D eigenvalue weighted by molar-refractivity contribution is 8.00. The Bertz CT molecular complexity index is 1760. The van der Waals surface area contributed by atoms with Gasteiger partial charge in [0.1, 0.15) is 5.70 Å². The summed E-state index contributed by atoms with van der Waals surface area (Å²) in [5.41, 5.74) is 1.60. The van der Waals surface area contributed by atoms with Gasteiger partial charge in [-0.1, -0.05) is 80.9 Å². The molecule has 11 heteroatoms. The van der Waals surface area contributed by atoms with E-state index in [1.54, 1.807) is 67.6 Å². The standard InChI is InChI=1S/C36H33ClF3N3O3S/c1-4-32(35(46)42-30-20-26(36(38,39)40)17-18-29(30)37)47-28-12-8-11-27(21-28)41-34(45)31(43-33(44)25-9-6-5-7-10-25)19-23-13-15-24(16-14-23)22(2)3/h5-22,32H,4H2,1-3H3,(H,41,45)(H,42,46)(H,43,44)/b31-19+. The first-order valence-corrected chi connectivity index (χ1v) is 16.0. The van der Waals surface area contributed by atoms with Crippen molar-refractivity contribution in [1.29, 1.82) is 0 Å². The fourth-order valence-corrected chi connectivity index (χ4v) is 5.61. The molecule has 0 saturated carbocycles. The Balaban J connectivity index is 1.51. The van der Waals surface area contributed by atoms with Crippen molar-refractivity contribution in [3.63, 3.8) is 0 Å². The zero-order valence-corrected chi connectivity index (χ0v) is 27.4. The van der Waals surface area contributed by atoms with Gasteiger partial charge in [-0.25, -0.2) is 0 Å². The van der Waals surface area contributed by atoms with Crippen molar-refractivity contribution in [3.05, 3.63) is 130 Å². The fourth-order valence-electron chi connectivity index (χ4n) is 4.43. The van der Waals surface area contributed by atoms with Gasteiger partial charge in [-0.05, 0) is 78.1 Å². The number of rotatable bonds is 11. The number of alkyl halides is 3. The second-order valence-electron chi connectivity index (χ2n) is 10.9. The molecule has 6 nitrogen and oxygen atoms in total. The molecule has 47 heavy (non-hydrogen) atoms. The van der Waals surface area contributed by atoms with Crippen LogP contribution in [-0.4, -0.2) is 23.0 Å². The van der Waals surface area contributed by atoms with Gasteiger partial charge in [0.15, 0.2) is 0 Å². The molecule has 0 aliphatic rings. The van der Waals surface area contributed by atoms with Crippen LogP contribution in [0.2, 0.25) is 5.02 Å². The van der Waals surface area contributed by atoms with Gasteiger partial charge in [-0.3, -0.25) is 14.4 Å². The van der Waals surface area contributed by atoms with E-state index in [1.165, 1.54) is 11.8 Å². The number of anilines is 2. The Labute approximate surface area is 280 Å². The molecule has 1 unspecified atom stereocenters. The van der Waals surface area contributed by atoms with Crippen LogP contribution in [0.3, 0.4) is 0 Å². The van der Waals surface area contributed by atoms with E-state index in [0.29, 0.717) is 28.5 Å². The number of thioether (sulfide) groups is 1. The number of carbonyl (C=O) groups excluding carboxylic acids is 3. The molecule has 0 saturated heterocycles. The van der Waals surface area contributed by atoms with E-state index in [0.717, 1.165) is 29.3 Å². The Morgan fingerprint density at radius 1 is 0.872 bits per heavy atom. The molecule has 0 heterocycles. The maximum absolute atomic E-state index is 13.5. The Hall–Kier alpha value is -4.54. The summed E-state index contributed by atoms with van der Waals surface area (Å²) in [6, 6.07) is 25.7. The number of carbonyl (C=O) groups is 3. The summed E-state index contributed by atoms with van der Waals surface area (Å²) in [6.45, 7) is 5.94. The number of halogens is 4. The lowest BCUT2D eigenvalue weighted by Crippen LogP contribution is -2.30. The number of benzene rings is 4. The largest absolute Gasteiger partial charge is 0.416 e. The van der Waals surface area contributed by atoms with Crippen molar-refractivity contribution in [2.45, 2.75) is 49.4 Å². The van der Waals surface area contributed by atoms with Crippen LogP contribution in [0.1, 0.15) is 60.2 Å². The third kappa shape index (κ3) is 9.97. The van der Waals surface area contributed by atoms with E-state index in [4.69, 9.17) is 11.6 Å². The first kappa shape index (κ1) is 35.3. The molecule has 0 radical (unpaired) electrons. The predicted octanol–water partition coefficient (Wildman–Crippen LogP) is 9.40. The van der Waals surface area contributed by atoms with Crippen molar-refractivity contribution in [1.82, 2.24) is 5.32 Å². The van der Waals surface area contributed by atoms with Crippen LogP contribution < -0.4 is 16.0 Å². The van der Waals surface area contributed by atoms with Crippen molar-refractivity contribution in [2.75, 3.05) is 10.6 Å². The van der Waals surface area contributed by atoms with Crippen molar-refractivity contribution in [3.8, 4) is 0 Å². The molecular formula is C36H33ClF3N3O3S. The van der Waals surface area contributed by atoms with E-state index in [-0.39, 0.29) is 16.4 Å². The quantitative estimate of drug-likeness (QED) is 0.109. The van der Waals surface area contributed by atoms with E-state index in [9.17, 15) is 27.6 Å². The minimum Gasteiger partial charge on any atom is -0.324 e. The van der Waals surface area contributed by atoms with Gasteiger partial charge in [-0.2, -0.15) is 13.2 Å². The predicted molar refractivity (Wildman–Crippen MR) is 183 cm³/mol. The smallest absolute Gasteiger partial charge is 0.324 e. The highest BCUT2D eigenvalue weighted by Crippen LogP contribution is 2.35. The highest BCUT2D eigenvalue weighted by Gasteiger charge is 2.31. The summed E-state index contributed by atoms with van der Waals surface area (Å²) in [7, 11) is 0. The van der Waals surface area contributed by atoms with Crippen LogP contribution in [0, 0.1) is 0 Å². The van der Waals surface area contributed by atoms with E-state index in [2.05, 4.69) is 29.8 Å². The SMILES string of the molecule is CCC(Sc1cccc(NC(=O)/C(=C\c2ccc(C(C)C)cc2)NC(=O)c2ccccc2)c1)C(=O)Nc1cc(C(F)(F)F)ccc1Cl. The van der Waals surface area contributed by atoms with E-state index >= 15 is 0 Å². The van der Waals surface area contributed by atoms with Crippen LogP contribution in [-0.2, 0) is 15.8 Å². The monoisotopic (exact) mass is 679 g/mol. The molecule has 4 rings (SSSR count). The molecule has 4 aromatic carbocycles. The molecule has 4 aromatic rings. The molecule has 3 amide bonds. The molecule has 0 fully saturated rings. The van der Waals surface area contributed by atoms with Crippen molar-refractivity contribution in [2.24, 2.45) is 0 Å². The summed E-state index contributed by atoms with van der Waals surface area (Å²) < 4.78 is 39.6. The second kappa shape index (κ2) is 15.8. The summed E-state index contributed by atoms with van der Waals surface area (Å²) in [5, 5.41) is 7.35. The minimum atomic E-state index is -4.59. The van der Waals surface area contributed by atoms with Crippen LogP contribution in [0.4, 0.5) is 24.5 Å². The van der Waals surface area contributed by atoms with Gasteiger partial charge in [0.2, 0.25) is 5.91 Å². The molecule has 0 aromatic heterocycles. The second-order valence-corrected chi connectivity index (χ2v) is 12.6. The lowest BCUT2D eigenvalue weighted by atomic mass is 10.0. The number of hydrogen-bond acceptors (Lipinski definition) is 4. The maximum Gasteiger partial charge on any atom is 0.416 e. The minimum absolute atomic E-state index is 0.0185. The summed E-state index contributed by atoms with van der Waals surface area (Å²) in [6.07, 6.45) is -2.64. The molecule has 244 valence electrons. The Kier molecular flexibility index (Phi) is 11.9. The summed E-state index contributed by atoms with van der Waals surface area (Å²) in [4.78, 5) is 40.2. The summed E-state index contributed by atoms with van der Waals surface area (Å²) in [5.74, 6) is -1.21. The average molecular weight is 680 g/mol. The van der Waals surface area contributed by atoms with Gasteiger partial charge in [0.25, 0.3) is 11.8 Å². The highest BCUT2D eigenvalue weighted by atomic mass is 35.5. The number of amides is 3. The first-order chi connectivity index (χ1) is 22.3. The topological polar surface area (TPSA) is 87.3 Å². The van der Waals surface area contributed by atoms with Crippen molar-refractivity contribution < 1.29 is 27.6 Å². The Morgan fingerprint density at radius 2 is 1.57 bits per heavy atom. The molecule has 0 aliphatic carbocycles. The number of hydrogen-bond donors (Lipinski definition) is 3. The number of nitrogens with one attached hydrogen (secondary N) is 3. The molecule has 0 bridgehead atoms. The third-order valence-corrected chi connectivity index (χ3v) is 8.72. The summed E-state index contributed by atoms with van der Waals surface area (Å²) >= 11 is 7.25. The van der Waals surface area contributed by atoms with Gasteiger partial charge >= 0.3 is 6.18 Å². The molecule has 3 N–H and O–H groups in total. The maximum atomic E-state index is 13.5. The van der Waals surface area contributed by atoms with Crippen molar-refractivity contribution >= 4 is 58.5 Å². The van der Waals surface area contributed by atoms with Crippen LogP contribution in [0.15, 0.2) is 108 Å². The van der Waals surface area contributed by atoms with E-state index < -0.39 is 34.7 Å². The van der Waals surface area contributed by atoms with Gasteiger partial charge in [0, 0.05) is 16.1 Å². The normalized spacial score (nSPS) is 12.4. The average Bonchev–Trinajstić information content (AvgIpc) is 3.04. The Morgan fingerprint density at radius 3 is 2.21 bits per heavy atom. The van der Waals surface area contributed by atoms with Crippen LogP contribution in [0.5, 0.6) is 0 Å². The van der Waals surface area contributed by atoms with Gasteiger partial charge in [-0.15, -0.1) is 11.8 Å². The first-order valence-electron chi connectivity index (χ1n) is 14.8. The van der Waals surface area contributed by atoms with Gasteiger partial charge < -0.3 is 16.0 Å². The molecule has 0 spiro atoms. The van der Waals surface area contributed by atoms with Crippen LogP contribution in [0.25, 0.3) is 6.08 Å².